The molecule has 0 saturated carbocycles. The number of hydrogen-bond donors (Lipinski definition) is 2. The first-order chi connectivity index (χ1) is 8.29. The van der Waals surface area contributed by atoms with E-state index in [4.69, 9.17) is 10.00 Å². The number of rotatable bonds is 4. The minimum Gasteiger partial charge on any atom is -0.387 e. The van der Waals surface area contributed by atoms with Crippen molar-refractivity contribution in [2.24, 2.45) is 0 Å². The average Bonchev–Trinajstić information content (AvgIpc) is 2.89. The third kappa shape index (κ3) is 3.27. The van der Waals surface area contributed by atoms with Gasteiger partial charge in [-0.1, -0.05) is 12.1 Å². The summed E-state index contributed by atoms with van der Waals surface area (Å²) in [6, 6.07) is 9.42. The Labute approximate surface area is 101 Å². The number of nitrogens with zero attached hydrogens (tertiary/aromatic N) is 1. The zero-order chi connectivity index (χ0) is 12.1. The molecule has 4 nitrogen and oxygen atoms in total. The highest BCUT2D eigenvalue weighted by Crippen LogP contribution is 2.13. The highest BCUT2D eigenvalue weighted by Gasteiger charge is 2.16. The molecule has 1 fully saturated rings. The normalized spacial score (nSPS) is 21.1. The van der Waals surface area contributed by atoms with Gasteiger partial charge in [-0.25, -0.2) is 0 Å². The fourth-order valence-electron chi connectivity index (χ4n) is 1.87. The SMILES string of the molecule is N#Cc1ccc(C(O)CNC2CCOC2)cc1. The fourth-order valence-corrected chi connectivity index (χ4v) is 1.87. The predicted octanol–water partition coefficient (Wildman–Crippen LogP) is 0.970. The van der Waals surface area contributed by atoms with E-state index in [2.05, 4.69) is 11.4 Å². The van der Waals surface area contributed by atoms with Crippen molar-refractivity contribution in [2.45, 2.75) is 18.6 Å². The van der Waals surface area contributed by atoms with Gasteiger partial charge >= 0.3 is 0 Å². The van der Waals surface area contributed by atoms with E-state index in [9.17, 15) is 5.11 Å². The molecule has 0 amide bonds. The van der Waals surface area contributed by atoms with Crippen LogP contribution in [0.2, 0.25) is 0 Å². The molecule has 0 radical (unpaired) electrons. The Hall–Kier alpha value is -1.41. The molecule has 2 rings (SSSR count). The molecule has 1 heterocycles. The van der Waals surface area contributed by atoms with E-state index in [0.29, 0.717) is 18.2 Å². The second-order valence-corrected chi connectivity index (χ2v) is 4.22. The van der Waals surface area contributed by atoms with Crippen molar-refractivity contribution in [3.05, 3.63) is 35.4 Å². The molecule has 2 N–H and O–H groups in total. The topological polar surface area (TPSA) is 65.3 Å². The molecule has 0 aliphatic carbocycles. The molecule has 17 heavy (non-hydrogen) atoms. The Kier molecular flexibility index (Phi) is 4.10. The second-order valence-electron chi connectivity index (χ2n) is 4.22. The lowest BCUT2D eigenvalue weighted by Crippen LogP contribution is -2.32. The van der Waals surface area contributed by atoms with Gasteiger partial charge in [0.1, 0.15) is 0 Å². The molecule has 1 aliphatic rings. The summed E-state index contributed by atoms with van der Waals surface area (Å²) in [4.78, 5) is 0. The number of hydrogen-bond acceptors (Lipinski definition) is 4. The molecular weight excluding hydrogens is 216 g/mol. The van der Waals surface area contributed by atoms with Crippen LogP contribution in [0.1, 0.15) is 23.7 Å². The summed E-state index contributed by atoms with van der Waals surface area (Å²) < 4.78 is 5.25. The second kappa shape index (κ2) is 5.78. The van der Waals surface area contributed by atoms with E-state index < -0.39 is 6.10 Å². The van der Waals surface area contributed by atoms with Crippen molar-refractivity contribution in [1.29, 1.82) is 5.26 Å². The van der Waals surface area contributed by atoms with E-state index in [1.807, 2.05) is 0 Å². The number of nitrogens with one attached hydrogen (secondary N) is 1. The standard InChI is InChI=1S/C13H16N2O2/c14-7-10-1-3-11(4-2-10)13(16)8-15-12-5-6-17-9-12/h1-4,12-13,15-16H,5-6,8-9H2. The molecule has 0 spiro atoms. The van der Waals surface area contributed by atoms with E-state index in [1.54, 1.807) is 24.3 Å². The van der Waals surface area contributed by atoms with Gasteiger partial charge in [0.05, 0.1) is 24.3 Å². The van der Waals surface area contributed by atoms with Gasteiger partial charge in [-0.15, -0.1) is 0 Å². The number of benzene rings is 1. The fraction of sp³-hybridized carbons (Fsp3) is 0.462. The molecule has 1 saturated heterocycles. The highest BCUT2D eigenvalue weighted by atomic mass is 16.5. The van der Waals surface area contributed by atoms with Crippen LogP contribution in [0.3, 0.4) is 0 Å². The average molecular weight is 232 g/mol. The van der Waals surface area contributed by atoms with E-state index in [-0.39, 0.29) is 0 Å². The van der Waals surface area contributed by atoms with Crippen LogP contribution in [0.5, 0.6) is 0 Å². The van der Waals surface area contributed by atoms with Crippen LogP contribution in [0.15, 0.2) is 24.3 Å². The minimum atomic E-state index is -0.539. The maximum atomic E-state index is 9.96. The van der Waals surface area contributed by atoms with Gasteiger partial charge < -0.3 is 15.2 Å². The number of ether oxygens (including phenoxy) is 1. The van der Waals surface area contributed by atoms with Crippen LogP contribution in [0.25, 0.3) is 0 Å². The molecular formula is C13H16N2O2. The van der Waals surface area contributed by atoms with Crippen molar-refractivity contribution >= 4 is 0 Å². The van der Waals surface area contributed by atoms with Gasteiger partial charge in [-0.3, -0.25) is 0 Å². The van der Waals surface area contributed by atoms with Crippen LogP contribution in [0.4, 0.5) is 0 Å². The first-order valence-corrected chi connectivity index (χ1v) is 5.79. The summed E-state index contributed by atoms with van der Waals surface area (Å²) in [7, 11) is 0. The van der Waals surface area contributed by atoms with E-state index in [1.165, 1.54) is 0 Å². The number of aliphatic hydroxyl groups excluding tert-OH is 1. The van der Waals surface area contributed by atoms with Crippen LogP contribution in [-0.2, 0) is 4.74 Å². The van der Waals surface area contributed by atoms with Crippen molar-refractivity contribution < 1.29 is 9.84 Å². The van der Waals surface area contributed by atoms with Gasteiger partial charge in [0.25, 0.3) is 0 Å². The molecule has 1 aromatic carbocycles. The highest BCUT2D eigenvalue weighted by molar-refractivity contribution is 5.32. The lowest BCUT2D eigenvalue weighted by molar-refractivity contribution is 0.161. The lowest BCUT2D eigenvalue weighted by atomic mass is 10.1. The Morgan fingerprint density at radius 1 is 1.47 bits per heavy atom. The Morgan fingerprint density at radius 2 is 2.24 bits per heavy atom. The molecule has 0 bridgehead atoms. The number of aliphatic hydroxyl groups is 1. The Bertz CT molecular complexity index is 391. The molecule has 0 aromatic heterocycles. The Morgan fingerprint density at radius 3 is 2.82 bits per heavy atom. The van der Waals surface area contributed by atoms with Gasteiger partial charge in [0, 0.05) is 19.2 Å². The molecule has 2 atom stereocenters. The van der Waals surface area contributed by atoms with Crippen molar-refractivity contribution in [3.63, 3.8) is 0 Å². The zero-order valence-electron chi connectivity index (χ0n) is 9.60. The number of nitriles is 1. The summed E-state index contributed by atoms with van der Waals surface area (Å²) in [6.07, 6.45) is 0.462. The summed E-state index contributed by atoms with van der Waals surface area (Å²) in [6.45, 7) is 2.03. The molecule has 1 aliphatic heterocycles. The van der Waals surface area contributed by atoms with Gasteiger partial charge in [-0.05, 0) is 24.1 Å². The van der Waals surface area contributed by atoms with Crippen molar-refractivity contribution in [2.75, 3.05) is 19.8 Å². The quantitative estimate of drug-likeness (QED) is 0.812. The third-order valence-corrected chi connectivity index (χ3v) is 2.95. The maximum absolute atomic E-state index is 9.96. The summed E-state index contributed by atoms with van der Waals surface area (Å²) in [5.41, 5.74) is 1.44. The molecule has 90 valence electrons. The minimum absolute atomic E-state index is 0.350. The molecule has 4 heteroatoms. The zero-order valence-corrected chi connectivity index (χ0v) is 9.60. The van der Waals surface area contributed by atoms with E-state index in [0.717, 1.165) is 25.2 Å². The van der Waals surface area contributed by atoms with E-state index >= 15 is 0 Å². The van der Waals surface area contributed by atoms with Gasteiger partial charge in [-0.2, -0.15) is 5.26 Å². The molecule has 1 aromatic rings. The monoisotopic (exact) mass is 232 g/mol. The third-order valence-electron chi connectivity index (χ3n) is 2.95. The smallest absolute Gasteiger partial charge is 0.0991 e. The van der Waals surface area contributed by atoms with Gasteiger partial charge in [0.15, 0.2) is 0 Å². The van der Waals surface area contributed by atoms with Crippen molar-refractivity contribution in [3.8, 4) is 6.07 Å². The van der Waals surface area contributed by atoms with Crippen LogP contribution in [0, 0.1) is 11.3 Å². The maximum Gasteiger partial charge on any atom is 0.0991 e. The largest absolute Gasteiger partial charge is 0.387 e. The van der Waals surface area contributed by atoms with Crippen LogP contribution < -0.4 is 5.32 Å². The predicted molar refractivity (Wildman–Crippen MR) is 63.3 cm³/mol. The van der Waals surface area contributed by atoms with Crippen LogP contribution >= 0.6 is 0 Å². The lowest BCUT2D eigenvalue weighted by Gasteiger charge is -2.15. The Balaban J connectivity index is 1.85. The summed E-state index contributed by atoms with van der Waals surface area (Å²) in [5, 5.41) is 21.9. The van der Waals surface area contributed by atoms with Crippen LogP contribution in [-0.4, -0.2) is 30.9 Å². The van der Waals surface area contributed by atoms with Gasteiger partial charge in [0.2, 0.25) is 0 Å². The summed E-state index contributed by atoms with van der Waals surface area (Å²) >= 11 is 0. The molecule has 2 unspecified atom stereocenters. The first kappa shape index (κ1) is 12.1. The first-order valence-electron chi connectivity index (χ1n) is 5.79. The van der Waals surface area contributed by atoms with Crippen molar-refractivity contribution in [1.82, 2.24) is 5.32 Å². The summed E-state index contributed by atoms with van der Waals surface area (Å²) in [5.74, 6) is 0.